The monoisotopic (exact) mass is 354 g/mol. The van der Waals surface area contributed by atoms with Crippen LogP contribution >= 0.6 is 0 Å². The van der Waals surface area contributed by atoms with Gasteiger partial charge in [0.05, 0.1) is 17.9 Å². The number of alkyl halides is 3. The van der Waals surface area contributed by atoms with Crippen LogP contribution in [0.15, 0.2) is 48.5 Å². The first-order chi connectivity index (χ1) is 11.9. The van der Waals surface area contributed by atoms with E-state index in [-0.39, 0.29) is 12.4 Å². The maximum Gasteiger partial charge on any atom is 0.418 e. The molecule has 2 N–H and O–H groups in total. The maximum absolute atomic E-state index is 12.9. The smallest absolute Gasteiger partial charge is 0.418 e. The zero-order valence-electron chi connectivity index (χ0n) is 13.4. The van der Waals surface area contributed by atoms with Gasteiger partial charge in [-0.3, -0.25) is 0 Å². The van der Waals surface area contributed by atoms with Gasteiger partial charge in [-0.1, -0.05) is 24.3 Å². The van der Waals surface area contributed by atoms with Crippen molar-refractivity contribution in [1.82, 2.24) is 5.32 Å². The molecule has 0 saturated heterocycles. The Labute approximate surface area is 142 Å². The fourth-order valence-electron chi connectivity index (χ4n) is 2.03. The van der Waals surface area contributed by atoms with Crippen molar-refractivity contribution < 1.29 is 27.4 Å². The quantitative estimate of drug-likeness (QED) is 0.762. The number of urea groups is 1. The third kappa shape index (κ3) is 5.30. The highest BCUT2D eigenvalue weighted by Gasteiger charge is 2.33. The molecule has 2 amide bonds. The van der Waals surface area contributed by atoms with E-state index in [1.54, 1.807) is 24.3 Å². The molecule has 134 valence electrons. The van der Waals surface area contributed by atoms with Crippen LogP contribution in [0, 0.1) is 0 Å². The number of carbonyl (C=O) groups is 1. The van der Waals surface area contributed by atoms with Crippen molar-refractivity contribution in [3.05, 3.63) is 54.1 Å². The standard InChI is InChI=1S/C17H17F3N2O3/c1-2-24-14-9-5-6-10-15(14)25-11-21-16(23)22-13-8-4-3-7-12(13)17(18,19)20/h3-10H,2,11H2,1H3,(H2,21,22,23). The van der Waals surface area contributed by atoms with Crippen molar-refractivity contribution >= 4 is 11.7 Å². The molecular weight excluding hydrogens is 337 g/mol. The Morgan fingerprint density at radius 3 is 2.24 bits per heavy atom. The van der Waals surface area contributed by atoms with Gasteiger partial charge in [0, 0.05) is 0 Å². The van der Waals surface area contributed by atoms with E-state index in [9.17, 15) is 18.0 Å². The minimum Gasteiger partial charge on any atom is -0.490 e. The normalized spacial score (nSPS) is 10.9. The van der Waals surface area contributed by atoms with Gasteiger partial charge in [-0.15, -0.1) is 0 Å². The Kier molecular flexibility index (Phi) is 6.10. The SMILES string of the molecule is CCOc1ccccc1OCNC(=O)Nc1ccccc1C(F)(F)F. The Bertz CT molecular complexity index is 720. The lowest BCUT2D eigenvalue weighted by atomic mass is 10.1. The molecule has 5 nitrogen and oxygen atoms in total. The summed E-state index contributed by atoms with van der Waals surface area (Å²) in [6.45, 7) is 2.03. The van der Waals surface area contributed by atoms with Crippen LogP contribution in [-0.4, -0.2) is 19.4 Å². The van der Waals surface area contributed by atoms with Gasteiger partial charge in [-0.25, -0.2) is 4.79 Å². The van der Waals surface area contributed by atoms with E-state index < -0.39 is 17.8 Å². The van der Waals surface area contributed by atoms with Crippen molar-refractivity contribution in [2.24, 2.45) is 0 Å². The van der Waals surface area contributed by atoms with Crippen LogP contribution < -0.4 is 20.1 Å². The Morgan fingerprint density at radius 1 is 1.00 bits per heavy atom. The summed E-state index contributed by atoms with van der Waals surface area (Å²) in [4.78, 5) is 11.8. The predicted octanol–water partition coefficient (Wildman–Crippen LogP) is 4.26. The van der Waals surface area contributed by atoms with Gasteiger partial charge >= 0.3 is 12.2 Å². The maximum atomic E-state index is 12.9. The molecule has 8 heteroatoms. The summed E-state index contributed by atoms with van der Waals surface area (Å²) in [7, 11) is 0. The van der Waals surface area contributed by atoms with Crippen molar-refractivity contribution in [2.75, 3.05) is 18.7 Å². The number of carbonyl (C=O) groups excluding carboxylic acids is 1. The Morgan fingerprint density at radius 2 is 1.60 bits per heavy atom. The molecular formula is C17H17F3N2O3. The van der Waals surface area contributed by atoms with Gasteiger partial charge in [-0.2, -0.15) is 13.2 Å². The molecule has 0 atom stereocenters. The van der Waals surface area contributed by atoms with Crippen molar-refractivity contribution in [3.8, 4) is 11.5 Å². The number of hydrogen-bond acceptors (Lipinski definition) is 3. The number of benzene rings is 2. The topological polar surface area (TPSA) is 59.6 Å². The number of para-hydroxylation sites is 3. The second-order valence-corrected chi connectivity index (χ2v) is 4.84. The fourth-order valence-corrected chi connectivity index (χ4v) is 2.03. The Balaban J connectivity index is 1.92. The predicted molar refractivity (Wildman–Crippen MR) is 86.7 cm³/mol. The van der Waals surface area contributed by atoms with Gasteiger partial charge in [0.2, 0.25) is 0 Å². The highest BCUT2D eigenvalue weighted by molar-refractivity contribution is 5.90. The summed E-state index contributed by atoms with van der Waals surface area (Å²) in [6.07, 6.45) is -4.56. The number of anilines is 1. The van der Waals surface area contributed by atoms with Crippen LogP contribution in [0.4, 0.5) is 23.7 Å². The highest BCUT2D eigenvalue weighted by Crippen LogP contribution is 2.34. The van der Waals surface area contributed by atoms with Crippen molar-refractivity contribution in [2.45, 2.75) is 13.1 Å². The minimum atomic E-state index is -4.56. The molecule has 2 aromatic carbocycles. The lowest BCUT2D eigenvalue weighted by molar-refractivity contribution is -0.136. The molecule has 0 saturated carbocycles. The number of rotatable bonds is 6. The van der Waals surface area contributed by atoms with Crippen LogP contribution in [0.5, 0.6) is 11.5 Å². The molecule has 0 bridgehead atoms. The lowest BCUT2D eigenvalue weighted by Gasteiger charge is -2.15. The zero-order valence-corrected chi connectivity index (χ0v) is 13.4. The van der Waals surface area contributed by atoms with E-state index in [1.807, 2.05) is 6.92 Å². The molecule has 0 fully saturated rings. The molecule has 0 spiro atoms. The van der Waals surface area contributed by atoms with Gasteiger partial charge in [0.25, 0.3) is 0 Å². The van der Waals surface area contributed by atoms with Crippen LogP contribution in [-0.2, 0) is 6.18 Å². The summed E-state index contributed by atoms with van der Waals surface area (Å²) >= 11 is 0. The van der Waals surface area contributed by atoms with E-state index >= 15 is 0 Å². The molecule has 2 rings (SSSR count). The molecule has 0 radical (unpaired) electrons. The number of amides is 2. The summed E-state index contributed by atoms with van der Waals surface area (Å²) in [5.41, 5.74) is -1.25. The third-order valence-corrected chi connectivity index (χ3v) is 3.09. The van der Waals surface area contributed by atoms with Gasteiger partial charge < -0.3 is 20.1 Å². The number of hydrogen-bond donors (Lipinski definition) is 2. The molecule has 0 aliphatic rings. The van der Waals surface area contributed by atoms with Gasteiger partial charge in [0.1, 0.15) is 0 Å². The molecule has 2 aromatic rings. The largest absolute Gasteiger partial charge is 0.490 e. The van der Waals surface area contributed by atoms with Gasteiger partial charge in [-0.05, 0) is 31.2 Å². The molecule has 0 aromatic heterocycles. The second-order valence-electron chi connectivity index (χ2n) is 4.84. The van der Waals surface area contributed by atoms with Crippen LogP contribution in [0.2, 0.25) is 0 Å². The summed E-state index contributed by atoms with van der Waals surface area (Å²) in [6, 6.07) is 10.8. The zero-order chi connectivity index (χ0) is 18.3. The number of ether oxygens (including phenoxy) is 2. The van der Waals surface area contributed by atoms with E-state index in [0.717, 1.165) is 6.07 Å². The van der Waals surface area contributed by atoms with Crippen LogP contribution in [0.25, 0.3) is 0 Å². The molecule has 0 heterocycles. The lowest BCUT2D eigenvalue weighted by Crippen LogP contribution is -2.32. The van der Waals surface area contributed by atoms with E-state index in [1.165, 1.54) is 18.2 Å². The average Bonchev–Trinajstić information content (AvgIpc) is 2.56. The number of nitrogens with one attached hydrogen (secondary N) is 2. The fraction of sp³-hybridized carbons (Fsp3) is 0.235. The van der Waals surface area contributed by atoms with E-state index in [0.29, 0.717) is 18.1 Å². The minimum absolute atomic E-state index is 0.232. The van der Waals surface area contributed by atoms with E-state index in [4.69, 9.17) is 9.47 Å². The van der Waals surface area contributed by atoms with Gasteiger partial charge in [0.15, 0.2) is 18.2 Å². The first-order valence-corrected chi connectivity index (χ1v) is 7.47. The molecule has 0 aliphatic carbocycles. The molecule has 25 heavy (non-hydrogen) atoms. The highest BCUT2D eigenvalue weighted by atomic mass is 19.4. The average molecular weight is 354 g/mol. The van der Waals surface area contributed by atoms with Crippen LogP contribution in [0.1, 0.15) is 12.5 Å². The summed E-state index contributed by atoms with van der Waals surface area (Å²) in [5, 5.41) is 4.49. The second kappa shape index (κ2) is 8.27. The van der Waals surface area contributed by atoms with Crippen molar-refractivity contribution in [3.63, 3.8) is 0 Å². The first-order valence-electron chi connectivity index (χ1n) is 7.47. The molecule has 0 unspecified atom stereocenters. The number of halogens is 3. The first kappa shape index (κ1) is 18.4. The summed E-state index contributed by atoms with van der Waals surface area (Å²) < 4.78 is 49.4. The van der Waals surface area contributed by atoms with E-state index in [2.05, 4.69) is 10.6 Å². The third-order valence-electron chi connectivity index (χ3n) is 3.09. The summed E-state index contributed by atoms with van der Waals surface area (Å²) in [5.74, 6) is 0.926. The Hall–Kier alpha value is -2.90. The van der Waals surface area contributed by atoms with Crippen LogP contribution in [0.3, 0.4) is 0 Å². The molecule has 0 aliphatic heterocycles. The van der Waals surface area contributed by atoms with Crippen molar-refractivity contribution in [1.29, 1.82) is 0 Å².